The smallest absolute Gasteiger partial charge is 0.270 e. The second-order valence-electron chi connectivity index (χ2n) is 5.57. The number of thiocarbonyl (C=S) groups is 1. The standard InChI is InChI=1S/C18H13Cl2NO2S2/c1-9-4-3-5-14(10(9)2)21-17(23)15(25-18(21)24)8-11-6-12(19)16(22)13(20)7-11/h3-8,22H,1-2H3. The van der Waals surface area contributed by atoms with Crippen LogP contribution in [0, 0.1) is 13.8 Å². The van der Waals surface area contributed by atoms with Crippen molar-refractivity contribution in [3.8, 4) is 5.75 Å². The number of hydrogen-bond donors (Lipinski definition) is 1. The van der Waals surface area contributed by atoms with Crippen LogP contribution in [0.1, 0.15) is 16.7 Å². The molecule has 0 bridgehead atoms. The molecule has 3 rings (SSSR count). The fourth-order valence-electron chi connectivity index (χ4n) is 2.47. The minimum atomic E-state index is -0.191. The maximum atomic E-state index is 12.9. The molecule has 1 fully saturated rings. The van der Waals surface area contributed by atoms with E-state index in [-0.39, 0.29) is 21.7 Å². The van der Waals surface area contributed by atoms with Crippen molar-refractivity contribution < 1.29 is 9.90 Å². The number of aromatic hydroxyl groups is 1. The van der Waals surface area contributed by atoms with E-state index in [1.165, 1.54) is 16.7 Å². The van der Waals surface area contributed by atoms with Gasteiger partial charge in [-0.3, -0.25) is 9.69 Å². The number of phenols is 1. The van der Waals surface area contributed by atoms with Gasteiger partial charge in [0.1, 0.15) is 0 Å². The van der Waals surface area contributed by atoms with E-state index in [9.17, 15) is 9.90 Å². The van der Waals surface area contributed by atoms with E-state index in [1.54, 1.807) is 18.2 Å². The van der Waals surface area contributed by atoms with Crippen LogP contribution in [0.2, 0.25) is 10.0 Å². The summed E-state index contributed by atoms with van der Waals surface area (Å²) in [5.41, 5.74) is 3.50. The first-order chi connectivity index (χ1) is 11.8. The first-order valence-corrected chi connectivity index (χ1v) is 9.30. The predicted octanol–water partition coefficient (Wildman–Crippen LogP) is 5.72. The average Bonchev–Trinajstić information content (AvgIpc) is 2.82. The molecule has 2 aromatic rings. The number of rotatable bonds is 2. The molecule has 0 saturated carbocycles. The van der Waals surface area contributed by atoms with Gasteiger partial charge in [-0.05, 0) is 54.8 Å². The van der Waals surface area contributed by atoms with Crippen molar-refractivity contribution in [1.29, 1.82) is 0 Å². The lowest BCUT2D eigenvalue weighted by Gasteiger charge is -2.18. The molecular formula is C18H13Cl2NO2S2. The molecule has 1 heterocycles. The zero-order valence-corrected chi connectivity index (χ0v) is 16.5. The van der Waals surface area contributed by atoms with Crippen molar-refractivity contribution in [1.82, 2.24) is 0 Å². The van der Waals surface area contributed by atoms with Crippen LogP contribution in [0.15, 0.2) is 35.2 Å². The van der Waals surface area contributed by atoms with Gasteiger partial charge in [-0.25, -0.2) is 0 Å². The van der Waals surface area contributed by atoms with Crippen LogP contribution in [0.5, 0.6) is 5.75 Å². The number of amides is 1. The van der Waals surface area contributed by atoms with E-state index in [0.29, 0.717) is 14.8 Å². The Balaban J connectivity index is 2.00. The fraction of sp³-hybridized carbons (Fsp3) is 0.111. The van der Waals surface area contributed by atoms with Crippen molar-refractivity contribution >= 4 is 69.2 Å². The quantitative estimate of drug-likeness (QED) is 0.508. The Morgan fingerprint density at radius 3 is 2.48 bits per heavy atom. The Hall–Kier alpha value is -1.53. The van der Waals surface area contributed by atoms with E-state index in [0.717, 1.165) is 16.8 Å². The minimum absolute atomic E-state index is 0.128. The summed E-state index contributed by atoms with van der Waals surface area (Å²) >= 11 is 18.5. The number of hydrogen-bond acceptors (Lipinski definition) is 4. The van der Waals surface area contributed by atoms with Crippen LogP contribution >= 0.6 is 47.2 Å². The highest BCUT2D eigenvalue weighted by Crippen LogP contribution is 2.39. The summed E-state index contributed by atoms with van der Waals surface area (Å²) < 4.78 is 0.473. The van der Waals surface area contributed by atoms with Gasteiger partial charge in [0.2, 0.25) is 0 Å². The highest BCUT2D eigenvalue weighted by Gasteiger charge is 2.34. The van der Waals surface area contributed by atoms with Crippen molar-refractivity contribution in [3.05, 3.63) is 62.0 Å². The largest absolute Gasteiger partial charge is 0.505 e. The molecule has 0 atom stereocenters. The van der Waals surface area contributed by atoms with Gasteiger partial charge in [0, 0.05) is 0 Å². The highest BCUT2D eigenvalue weighted by atomic mass is 35.5. The second-order valence-corrected chi connectivity index (χ2v) is 8.06. The van der Waals surface area contributed by atoms with E-state index in [4.69, 9.17) is 35.4 Å². The molecule has 0 aromatic heterocycles. The molecule has 0 spiro atoms. The van der Waals surface area contributed by atoms with Crippen molar-refractivity contribution in [3.63, 3.8) is 0 Å². The maximum absolute atomic E-state index is 12.9. The summed E-state index contributed by atoms with van der Waals surface area (Å²) in [6.45, 7) is 3.96. The van der Waals surface area contributed by atoms with Gasteiger partial charge >= 0.3 is 0 Å². The molecular weight excluding hydrogens is 397 g/mol. The lowest BCUT2D eigenvalue weighted by atomic mass is 10.1. The Bertz CT molecular complexity index is 918. The number of thioether (sulfide) groups is 1. The molecule has 128 valence electrons. The van der Waals surface area contributed by atoms with Crippen LogP contribution in [0.3, 0.4) is 0 Å². The molecule has 1 amide bonds. The molecule has 1 N–H and O–H groups in total. The minimum Gasteiger partial charge on any atom is -0.505 e. The topological polar surface area (TPSA) is 40.5 Å². The van der Waals surface area contributed by atoms with Crippen molar-refractivity contribution in [2.75, 3.05) is 4.90 Å². The zero-order chi connectivity index (χ0) is 18.3. The monoisotopic (exact) mass is 409 g/mol. The number of carbonyl (C=O) groups is 1. The summed E-state index contributed by atoms with van der Waals surface area (Å²) in [4.78, 5) is 14.9. The fourth-order valence-corrected chi connectivity index (χ4v) is 4.26. The third kappa shape index (κ3) is 3.42. The van der Waals surface area contributed by atoms with Crippen molar-refractivity contribution in [2.45, 2.75) is 13.8 Å². The van der Waals surface area contributed by atoms with Gasteiger partial charge in [0.15, 0.2) is 10.1 Å². The number of benzene rings is 2. The molecule has 0 unspecified atom stereocenters. The molecule has 25 heavy (non-hydrogen) atoms. The first kappa shape index (κ1) is 18.3. The SMILES string of the molecule is Cc1cccc(N2C(=O)C(=Cc3cc(Cl)c(O)c(Cl)c3)SC2=S)c1C. The highest BCUT2D eigenvalue weighted by molar-refractivity contribution is 8.27. The molecule has 3 nitrogen and oxygen atoms in total. The Kier molecular flexibility index (Phi) is 5.11. The van der Waals surface area contributed by atoms with E-state index in [1.807, 2.05) is 32.0 Å². The second kappa shape index (κ2) is 7.00. The van der Waals surface area contributed by atoms with Gasteiger partial charge in [-0.2, -0.15) is 0 Å². The maximum Gasteiger partial charge on any atom is 0.270 e. The number of halogens is 2. The van der Waals surface area contributed by atoms with Crippen LogP contribution in [-0.2, 0) is 4.79 Å². The van der Waals surface area contributed by atoms with Gasteiger partial charge < -0.3 is 5.11 Å². The molecule has 1 saturated heterocycles. The normalized spacial score (nSPS) is 16.2. The van der Waals surface area contributed by atoms with E-state index in [2.05, 4.69) is 0 Å². The molecule has 0 radical (unpaired) electrons. The lowest BCUT2D eigenvalue weighted by molar-refractivity contribution is -0.113. The number of phenolic OH excluding ortho intramolecular Hbond substituents is 1. The molecule has 0 aliphatic carbocycles. The van der Waals surface area contributed by atoms with Crippen LogP contribution in [0.4, 0.5) is 5.69 Å². The zero-order valence-electron chi connectivity index (χ0n) is 13.3. The summed E-state index contributed by atoms with van der Waals surface area (Å²) in [6, 6.07) is 8.87. The number of nitrogens with zero attached hydrogens (tertiary/aromatic N) is 1. The Morgan fingerprint density at radius 1 is 1.20 bits per heavy atom. The Morgan fingerprint density at radius 2 is 1.84 bits per heavy atom. The van der Waals surface area contributed by atoms with Gasteiger partial charge in [-0.1, -0.05) is 59.3 Å². The van der Waals surface area contributed by atoms with Crippen molar-refractivity contribution in [2.24, 2.45) is 0 Å². The average molecular weight is 410 g/mol. The third-order valence-electron chi connectivity index (χ3n) is 3.95. The summed E-state index contributed by atoms with van der Waals surface area (Å²) in [6.07, 6.45) is 1.67. The lowest BCUT2D eigenvalue weighted by Crippen LogP contribution is -2.28. The van der Waals surface area contributed by atoms with Gasteiger partial charge in [-0.15, -0.1) is 0 Å². The third-order valence-corrected chi connectivity index (χ3v) is 5.83. The molecule has 1 aliphatic heterocycles. The van der Waals surface area contributed by atoms with Crippen LogP contribution in [0.25, 0.3) is 6.08 Å². The molecule has 7 heteroatoms. The molecule has 1 aliphatic rings. The summed E-state index contributed by atoms with van der Waals surface area (Å²) in [5.74, 6) is -0.368. The first-order valence-electron chi connectivity index (χ1n) is 7.31. The molecule has 2 aromatic carbocycles. The number of carbonyl (C=O) groups excluding carboxylic acids is 1. The van der Waals surface area contributed by atoms with Crippen LogP contribution < -0.4 is 4.90 Å². The van der Waals surface area contributed by atoms with E-state index < -0.39 is 0 Å². The number of anilines is 1. The Labute approximate surface area is 165 Å². The van der Waals surface area contributed by atoms with Gasteiger partial charge in [0.05, 0.1) is 20.6 Å². The van der Waals surface area contributed by atoms with Crippen LogP contribution in [-0.4, -0.2) is 15.3 Å². The number of aryl methyl sites for hydroxylation is 1. The van der Waals surface area contributed by atoms with Gasteiger partial charge in [0.25, 0.3) is 5.91 Å². The summed E-state index contributed by atoms with van der Waals surface area (Å²) in [5, 5.41) is 9.90. The predicted molar refractivity (Wildman–Crippen MR) is 110 cm³/mol. The van der Waals surface area contributed by atoms with E-state index >= 15 is 0 Å². The summed E-state index contributed by atoms with van der Waals surface area (Å²) in [7, 11) is 0.